The summed E-state index contributed by atoms with van der Waals surface area (Å²) in [6.45, 7) is 2.85. The number of pyridine rings is 2. The first-order valence-electron chi connectivity index (χ1n) is 13.9. The van der Waals surface area contributed by atoms with E-state index >= 15 is 0 Å². The number of ketones is 1. The first kappa shape index (κ1) is 25.0. The second-order valence-electron chi connectivity index (χ2n) is 10.9. The van der Waals surface area contributed by atoms with Gasteiger partial charge in [-0.15, -0.1) is 0 Å². The van der Waals surface area contributed by atoms with Crippen LogP contribution >= 0.6 is 0 Å². The summed E-state index contributed by atoms with van der Waals surface area (Å²) in [6.07, 6.45) is 2.00. The first-order valence-corrected chi connectivity index (χ1v) is 13.9. The Balaban J connectivity index is 0.996. The van der Waals surface area contributed by atoms with E-state index in [1.807, 2.05) is 24.3 Å². The van der Waals surface area contributed by atoms with Crippen LogP contribution in [0.1, 0.15) is 25.0 Å². The predicted molar refractivity (Wildman–Crippen MR) is 146 cm³/mol. The summed E-state index contributed by atoms with van der Waals surface area (Å²) in [4.78, 5) is 43.6. The minimum atomic E-state index is -0.413. The van der Waals surface area contributed by atoms with Gasteiger partial charge in [0.15, 0.2) is 5.78 Å². The molecule has 0 bridgehead atoms. The van der Waals surface area contributed by atoms with E-state index < -0.39 is 6.09 Å². The molecule has 4 aliphatic rings. The van der Waals surface area contributed by atoms with Gasteiger partial charge in [0.2, 0.25) is 0 Å². The Morgan fingerprint density at radius 1 is 1.07 bits per heavy atom. The zero-order valence-electron chi connectivity index (χ0n) is 22.0. The average Bonchev–Trinajstić information content (AvgIpc) is 3.26. The van der Waals surface area contributed by atoms with Crippen molar-refractivity contribution in [1.82, 2.24) is 20.2 Å². The Morgan fingerprint density at radius 3 is 2.80 bits per heavy atom. The smallest absolute Gasteiger partial charge is 0.416 e. The van der Waals surface area contributed by atoms with Crippen molar-refractivity contribution >= 4 is 28.6 Å². The van der Waals surface area contributed by atoms with Gasteiger partial charge in [-0.1, -0.05) is 0 Å². The highest BCUT2D eigenvalue weighted by Crippen LogP contribution is 2.36. The normalized spacial score (nSPS) is 24.2. The predicted octanol–water partition coefficient (Wildman–Crippen LogP) is 1.79. The van der Waals surface area contributed by atoms with Crippen molar-refractivity contribution in [2.75, 3.05) is 31.1 Å². The average molecular weight is 546 g/mol. The summed E-state index contributed by atoms with van der Waals surface area (Å²) in [7, 11) is 0. The van der Waals surface area contributed by atoms with Crippen molar-refractivity contribution in [2.24, 2.45) is 0 Å². The van der Waals surface area contributed by atoms with Crippen molar-refractivity contribution in [3.05, 3.63) is 58.5 Å². The van der Waals surface area contributed by atoms with Crippen LogP contribution in [0.5, 0.6) is 11.5 Å². The number of hydrogen-bond acceptors (Lipinski definition) is 9. The van der Waals surface area contributed by atoms with Crippen molar-refractivity contribution in [3.8, 4) is 11.5 Å². The van der Waals surface area contributed by atoms with Gasteiger partial charge in [0.1, 0.15) is 36.1 Å². The van der Waals surface area contributed by atoms with Crippen LogP contribution in [0, 0.1) is 0 Å². The third kappa shape index (κ3) is 4.69. The molecule has 2 saturated heterocycles. The number of hydrogen-bond donors (Lipinski definition) is 2. The highest BCUT2D eigenvalue weighted by molar-refractivity contribution is 5.90. The quantitative estimate of drug-likeness (QED) is 0.457. The molecule has 2 aromatic heterocycles. The van der Waals surface area contributed by atoms with Crippen molar-refractivity contribution < 1.29 is 23.8 Å². The van der Waals surface area contributed by atoms with E-state index in [0.29, 0.717) is 36.8 Å². The molecule has 3 atom stereocenters. The van der Waals surface area contributed by atoms with E-state index in [-0.39, 0.29) is 48.7 Å². The summed E-state index contributed by atoms with van der Waals surface area (Å²) >= 11 is 0. The SMILES string of the molecule is O=C1COc2ccc(N3C(=O)O[C@H]4C[C@@H](NCCn5c(=O)ccc6ccc(OC7CNC7)cc65)CC[C@@H]43)nc2C1. The number of fused-ring (bicyclic) bond motifs is 3. The van der Waals surface area contributed by atoms with Gasteiger partial charge in [-0.25, -0.2) is 9.78 Å². The van der Waals surface area contributed by atoms with E-state index in [1.165, 1.54) is 0 Å². The van der Waals surface area contributed by atoms with Gasteiger partial charge in [0, 0.05) is 50.8 Å². The largest absolute Gasteiger partial charge is 0.488 e. The standard InChI is InChI=1S/C29H31N5O6/c35-19-12-22-25(38-16-19)6-7-27(32-22)34-23-5-3-18(11-26(23)40-29(34)37)31-9-10-33-24-13-20(39-21-14-30-15-21)4-1-17(24)2-8-28(33)36/h1-2,4,6-8,13,18,21,23,26,30-31H,3,5,9-12,14-16H2/t18-,23-,26-/m0/s1. The molecule has 5 heterocycles. The van der Waals surface area contributed by atoms with Crippen LogP contribution in [0.25, 0.3) is 10.9 Å². The van der Waals surface area contributed by atoms with Gasteiger partial charge in [-0.05, 0) is 48.6 Å². The van der Waals surface area contributed by atoms with Gasteiger partial charge in [-0.2, -0.15) is 0 Å². The highest BCUT2D eigenvalue weighted by Gasteiger charge is 2.46. The maximum Gasteiger partial charge on any atom is 0.416 e. The monoisotopic (exact) mass is 545 g/mol. The number of Topliss-reactive ketones (excluding diaryl/α,β-unsaturated/α-hetero) is 1. The van der Waals surface area contributed by atoms with Crippen molar-refractivity contribution in [2.45, 2.75) is 56.5 Å². The number of rotatable bonds is 7. The number of carbonyl (C=O) groups excluding carboxylic acids is 2. The van der Waals surface area contributed by atoms with E-state index in [2.05, 4.69) is 15.6 Å². The lowest BCUT2D eigenvalue weighted by Crippen LogP contribution is -2.50. The van der Waals surface area contributed by atoms with Crippen LogP contribution < -0.4 is 30.6 Å². The second-order valence-corrected chi connectivity index (χ2v) is 10.9. The number of anilines is 1. The number of nitrogens with one attached hydrogen (secondary N) is 2. The maximum absolute atomic E-state index is 12.9. The molecule has 11 nitrogen and oxygen atoms in total. The molecular weight excluding hydrogens is 514 g/mol. The Kier molecular flexibility index (Phi) is 6.39. The summed E-state index contributed by atoms with van der Waals surface area (Å²) in [5, 5.41) is 7.77. The van der Waals surface area contributed by atoms with Crippen LogP contribution in [0.15, 0.2) is 47.3 Å². The lowest BCUT2D eigenvalue weighted by Gasteiger charge is -2.33. The number of nitrogens with zero attached hydrogens (tertiary/aromatic N) is 3. The molecule has 2 N–H and O–H groups in total. The molecule has 1 aromatic carbocycles. The summed E-state index contributed by atoms with van der Waals surface area (Å²) in [5.41, 5.74) is 1.36. The number of amides is 1. The summed E-state index contributed by atoms with van der Waals surface area (Å²) in [5.74, 6) is 1.82. The van der Waals surface area contributed by atoms with E-state index in [9.17, 15) is 14.4 Å². The molecule has 208 valence electrons. The molecule has 7 rings (SSSR count). The lowest BCUT2D eigenvalue weighted by atomic mass is 9.88. The van der Waals surface area contributed by atoms with Gasteiger partial charge < -0.3 is 29.4 Å². The fraction of sp³-hybridized carbons (Fsp3) is 0.448. The van der Waals surface area contributed by atoms with Gasteiger partial charge in [0.25, 0.3) is 5.56 Å². The number of aromatic nitrogens is 2. The fourth-order valence-electron chi connectivity index (χ4n) is 6.06. The zero-order chi connectivity index (χ0) is 27.2. The molecule has 0 unspecified atom stereocenters. The van der Waals surface area contributed by atoms with Crippen molar-refractivity contribution in [3.63, 3.8) is 0 Å². The van der Waals surface area contributed by atoms with E-state index in [4.69, 9.17) is 14.2 Å². The van der Waals surface area contributed by atoms with Crippen molar-refractivity contribution in [1.29, 1.82) is 0 Å². The molecule has 1 aliphatic carbocycles. The molecule has 3 fully saturated rings. The fourth-order valence-corrected chi connectivity index (χ4v) is 6.06. The van der Waals surface area contributed by atoms with Gasteiger partial charge in [0.05, 0.1) is 23.7 Å². The van der Waals surface area contributed by atoms with Gasteiger partial charge >= 0.3 is 6.09 Å². The Labute approximate surface area is 230 Å². The minimum absolute atomic E-state index is 0.0311. The minimum Gasteiger partial charge on any atom is -0.488 e. The van der Waals surface area contributed by atoms with Crippen LogP contribution in [-0.2, 0) is 22.5 Å². The highest BCUT2D eigenvalue weighted by atomic mass is 16.6. The Bertz CT molecular complexity index is 1540. The molecule has 1 amide bonds. The summed E-state index contributed by atoms with van der Waals surface area (Å²) in [6, 6.07) is 12.9. The van der Waals surface area contributed by atoms with E-state index in [1.54, 1.807) is 27.7 Å². The summed E-state index contributed by atoms with van der Waals surface area (Å²) < 4.78 is 19.0. The molecule has 0 spiro atoms. The third-order valence-electron chi connectivity index (χ3n) is 8.23. The van der Waals surface area contributed by atoms with Crippen LogP contribution in [-0.4, -0.2) is 72.0 Å². The maximum atomic E-state index is 12.9. The van der Waals surface area contributed by atoms with Gasteiger partial charge in [-0.3, -0.25) is 14.5 Å². The molecule has 11 heteroatoms. The van der Waals surface area contributed by atoms with Crippen LogP contribution in [0.4, 0.5) is 10.6 Å². The molecule has 0 radical (unpaired) electrons. The van der Waals surface area contributed by atoms with Crippen LogP contribution in [0.2, 0.25) is 0 Å². The lowest BCUT2D eigenvalue weighted by molar-refractivity contribution is -0.121. The first-order chi connectivity index (χ1) is 19.5. The topological polar surface area (TPSA) is 124 Å². The Hall–Kier alpha value is -3.96. The van der Waals surface area contributed by atoms with E-state index in [0.717, 1.165) is 42.6 Å². The number of ether oxygens (including phenoxy) is 3. The molecule has 3 aliphatic heterocycles. The third-order valence-corrected chi connectivity index (χ3v) is 8.23. The molecule has 40 heavy (non-hydrogen) atoms. The van der Waals surface area contributed by atoms with Crippen LogP contribution in [0.3, 0.4) is 0 Å². The second kappa shape index (κ2) is 10.2. The molecule has 3 aromatic rings. The number of carbonyl (C=O) groups is 2. The molecule has 1 saturated carbocycles. The zero-order valence-corrected chi connectivity index (χ0v) is 22.0. The Morgan fingerprint density at radius 2 is 1.95 bits per heavy atom. The number of benzene rings is 1. The molecular formula is C29H31N5O6.